The average Bonchev–Trinajstić information content (AvgIpc) is 2.39. The van der Waals surface area contributed by atoms with E-state index in [1.54, 1.807) is 18.3 Å². The van der Waals surface area contributed by atoms with Gasteiger partial charge >= 0.3 is 0 Å². The number of benzene rings is 1. The van der Waals surface area contributed by atoms with Crippen LogP contribution in [0, 0.1) is 5.82 Å². The van der Waals surface area contributed by atoms with E-state index < -0.39 is 0 Å². The molecule has 0 aliphatic rings. The van der Waals surface area contributed by atoms with Gasteiger partial charge in [-0.15, -0.1) is 0 Å². The minimum absolute atomic E-state index is 0.0945. The van der Waals surface area contributed by atoms with Crippen LogP contribution in [-0.4, -0.2) is 12.0 Å². The lowest BCUT2D eigenvalue weighted by Gasteiger charge is -2.17. The molecule has 0 amide bonds. The lowest BCUT2D eigenvalue weighted by Crippen LogP contribution is -2.19. The summed E-state index contributed by atoms with van der Waals surface area (Å²) in [7, 11) is 1.88. The van der Waals surface area contributed by atoms with Crippen molar-refractivity contribution >= 4 is 5.82 Å². The van der Waals surface area contributed by atoms with Crippen LogP contribution >= 0.6 is 0 Å². The summed E-state index contributed by atoms with van der Waals surface area (Å²) < 4.78 is 12.9. The third-order valence-corrected chi connectivity index (χ3v) is 2.97. The smallest absolute Gasteiger partial charge is 0.126 e. The van der Waals surface area contributed by atoms with E-state index in [0.29, 0.717) is 5.82 Å². The molecule has 0 saturated heterocycles. The summed E-state index contributed by atoms with van der Waals surface area (Å²) >= 11 is 0. The van der Waals surface area contributed by atoms with Gasteiger partial charge in [0, 0.05) is 12.2 Å². The summed E-state index contributed by atoms with van der Waals surface area (Å²) in [6.07, 6.45) is 2.40. The highest BCUT2D eigenvalue weighted by atomic mass is 19.1. The Kier molecular flexibility index (Phi) is 3.89. The van der Waals surface area contributed by atoms with E-state index in [2.05, 4.69) is 10.3 Å². The Morgan fingerprint density at radius 2 is 2.00 bits per heavy atom. The molecule has 94 valence electrons. The lowest BCUT2D eigenvalue weighted by molar-refractivity contribution is 0.586. The molecular weight excluding hydrogens is 229 g/mol. The van der Waals surface area contributed by atoms with Gasteiger partial charge in [0.15, 0.2) is 0 Å². The van der Waals surface area contributed by atoms with E-state index in [1.807, 2.05) is 19.2 Å². The number of nitrogens with zero attached hydrogens (tertiary/aromatic N) is 1. The topological polar surface area (TPSA) is 50.9 Å². The molecule has 3 N–H and O–H groups in total. The molecule has 3 nitrogen and oxygen atoms in total. The molecule has 1 heterocycles. The van der Waals surface area contributed by atoms with Gasteiger partial charge in [-0.2, -0.15) is 0 Å². The fourth-order valence-electron chi connectivity index (χ4n) is 1.93. The molecule has 4 heteroatoms. The first kappa shape index (κ1) is 12.5. The maximum absolute atomic E-state index is 12.9. The molecule has 1 aromatic heterocycles. The van der Waals surface area contributed by atoms with Gasteiger partial charge in [-0.1, -0.05) is 18.2 Å². The summed E-state index contributed by atoms with van der Waals surface area (Å²) in [6, 6.07) is 10.4. The third-order valence-electron chi connectivity index (χ3n) is 2.97. The number of halogens is 1. The van der Waals surface area contributed by atoms with Crippen molar-refractivity contribution in [3.63, 3.8) is 0 Å². The number of hydrogen-bond acceptors (Lipinski definition) is 3. The monoisotopic (exact) mass is 245 g/mol. The van der Waals surface area contributed by atoms with Crippen LogP contribution in [0.25, 0.3) is 0 Å². The highest BCUT2D eigenvalue weighted by Gasteiger charge is 2.12. The number of nitrogens with one attached hydrogen (secondary N) is 1. The van der Waals surface area contributed by atoms with Crippen LogP contribution in [0.5, 0.6) is 0 Å². The zero-order valence-electron chi connectivity index (χ0n) is 10.2. The van der Waals surface area contributed by atoms with E-state index in [4.69, 9.17) is 5.73 Å². The zero-order valence-corrected chi connectivity index (χ0v) is 10.2. The van der Waals surface area contributed by atoms with Gasteiger partial charge in [-0.25, -0.2) is 9.37 Å². The molecule has 2 aromatic rings. The van der Waals surface area contributed by atoms with Crippen LogP contribution in [0.15, 0.2) is 42.6 Å². The number of likely N-dealkylation sites (N-methyl/N-ethyl adjacent to an activating group) is 1. The highest BCUT2D eigenvalue weighted by Crippen LogP contribution is 2.20. The summed E-state index contributed by atoms with van der Waals surface area (Å²) in [5.74, 6) is 0.314. The first-order chi connectivity index (χ1) is 8.70. The number of nitrogen functional groups attached to an aromatic ring is 1. The molecule has 0 saturated carbocycles. The summed E-state index contributed by atoms with van der Waals surface area (Å²) in [5, 5.41) is 3.21. The number of pyridine rings is 1. The van der Waals surface area contributed by atoms with Crippen LogP contribution in [0.3, 0.4) is 0 Å². The minimum atomic E-state index is -0.227. The quantitative estimate of drug-likeness (QED) is 0.869. The van der Waals surface area contributed by atoms with Crippen molar-refractivity contribution in [2.75, 3.05) is 12.8 Å². The molecule has 18 heavy (non-hydrogen) atoms. The molecular formula is C14H16FN3. The Labute approximate surface area is 106 Å². The molecule has 1 aromatic carbocycles. The van der Waals surface area contributed by atoms with Crippen LogP contribution in [-0.2, 0) is 6.42 Å². The molecule has 1 unspecified atom stereocenters. The van der Waals surface area contributed by atoms with Crippen molar-refractivity contribution in [3.05, 3.63) is 59.5 Å². The van der Waals surface area contributed by atoms with Gasteiger partial charge in [0.05, 0.1) is 0 Å². The first-order valence-corrected chi connectivity index (χ1v) is 5.83. The van der Waals surface area contributed by atoms with Gasteiger partial charge < -0.3 is 11.1 Å². The van der Waals surface area contributed by atoms with Gasteiger partial charge in [-0.3, -0.25) is 0 Å². The maximum atomic E-state index is 12.9. The Morgan fingerprint density at radius 3 is 2.61 bits per heavy atom. The number of rotatable bonds is 4. The van der Waals surface area contributed by atoms with Crippen molar-refractivity contribution in [3.8, 4) is 0 Å². The lowest BCUT2D eigenvalue weighted by atomic mass is 9.99. The molecule has 0 fully saturated rings. The van der Waals surface area contributed by atoms with Gasteiger partial charge in [0.2, 0.25) is 0 Å². The van der Waals surface area contributed by atoms with E-state index in [9.17, 15) is 4.39 Å². The molecule has 0 spiro atoms. The summed E-state index contributed by atoms with van der Waals surface area (Å²) in [6.45, 7) is 0. The predicted molar refractivity (Wildman–Crippen MR) is 70.6 cm³/mol. The van der Waals surface area contributed by atoms with Crippen molar-refractivity contribution in [2.45, 2.75) is 12.5 Å². The van der Waals surface area contributed by atoms with Crippen molar-refractivity contribution in [1.82, 2.24) is 10.3 Å². The van der Waals surface area contributed by atoms with E-state index in [-0.39, 0.29) is 11.9 Å². The number of nitrogens with two attached hydrogens (primary N) is 1. The van der Waals surface area contributed by atoms with Crippen LogP contribution in [0.4, 0.5) is 10.2 Å². The van der Waals surface area contributed by atoms with Crippen molar-refractivity contribution in [2.24, 2.45) is 0 Å². The van der Waals surface area contributed by atoms with Gasteiger partial charge in [0.1, 0.15) is 11.6 Å². The minimum Gasteiger partial charge on any atom is -0.383 e. The fraction of sp³-hybridized carbons (Fsp3) is 0.214. The zero-order chi connectivity index (χ0) is 13.0. The second-order valence-electron chi connectivity index (χ2n) is 4.14. The van der Waals surface area contributed by atoms with Gasteiger partial charge in [-0.05, 0) is 42.8 Å². The van der Waals surface area contributed by atoms with Crippen molar-refractivity contribution in [1.29, 1.82) is 0 Å². The highest BCUT2D eigenvalue weighted by molar-refractivity contribution is 5.39. The first-order valence-electron chi connectivity index (χ1n) is 5.83. The largest absolute Gasteiger partial charge is 0.383 e. The molecule has 0 bridgehead atoms. The Hall–Kier alpha value is -1.94. The second kappa shape index (κ2) is 5.60. The molecule has 0 aliphatic carbocycles. The van der Waals surface area contributed by atoms with Crippen LogP contribution in [0.1, 0.15) is 17.2 Å². The summed E-state index contributed by atoms with van der Waals surface area (Å²) in [4.78, 5) is 4.06. The van der Waals surface area contributed by atoms with Crippen LogP contribution in [0.2, 0.25) is 0 Å². The molecule has 0 radical (unpaired) electrons. The number of aromatic nitrogens is 1. The summed E-state index contributed by atoms with van der Waals surface area (Å²) in [5.41, 5.74) is 7.84. The SMILES string of the molecule is CNC(Cc1cccnc1N)c1ccc(F)cc1. The Balaban J connectivity index is 2.20. The van der Waals surface area contributed by atoms with Crippen LogP contribution < -0.4 is 11.1 Å². The predicted octanol–water partition coefficient (Wildman–Crippen LogP) is 2.31. The van der Waals surface area contributed by atoms with E-state index in [1.165, 1.54) is 12.1 Å². The Bertz CT molecular complexity index is 511. The molecule has 2 rings (SSSR count). The maximum Gasteiger partial charge on any atom is 0.126 e. The third kappa shape index (κ3) is 2.84. The standard InChI is InChI=1S/C14H16FN3/c1-17-13(10-4-6-12(15)7-5-10)9-11-3-2-8-18-14(11)16/h2-8,13,17H,9H2,1H3,(H2,16,18). The average molecular weight is 245 g/mol. The second-order valence-corrected chi connectivity index (χ2v) is 4.14. The normalized spacial score (nSPS) is 12.3. The van der Waals surface area contributed by atoms with Gasteiger partial charge in [0.25, 0.3) is 0 Å². The molecule has 0 aliphatic heterocycles. The Morgan fingerprint density at radius 1 is 1.28 bits per heavy atom. The van der Waals surface area contributed by atoms with E-state index >= 15 is 0 Å². The number of anilines is 1. The number of hydrogen-bond donors (Lipinski definition) is 2. The fourth-order valence-corrected chi connectivity index (χ4v) is 1.93. The van der Waals surface area contributed by atoms with Crippen molar-refractivity contribution < 1.29 is 4.39 Å². The van der Waals surface area contributed by atoms with E-state index in [0.717, 1.165) is 17.5 Å². The molecule has 1 atom stereocenters.